The number of carbonyl (C=O) groups is 2. The van der Waals surface area contributed by atoms with Crippen LogP contribution < -0.4 is 14.8 Å². The molecule has 4 rings (SSSR count). The molecule has 2 aliphatic rings. The number of carbonyl (C=O) groups excluding carboxylic acids is 2. The summed E-state index contributed by atoms with van der Waals surface area (Å²) < 4.78 is 12.2. The topological polar surface area (TPSA) is 67.9 Å². The van der Waals surface area contributed by atoms with Gasteiger partial charge in [-0.3, -0.25) is 9.59 Å². The molecule has 2 aromatic rings. The quantitative estimate of drug-likeness (QED) is 0.557. The third kappa shape index (κ3) is 6.28. The highest BCUT2D eigenvalue weighted by Gasteiger charge is 2.28. The normalized spacial score (nSPS) is 16.3. The Morgan fingerprint density at radius 2 is 1.82 bits per heavy atom. The zero-order valence-electron chi connectivity index (χ0n) is 19.0. The monoisotopic (exact) mass is 514 g/mol. The summed E-state index contributed by atoms with van der Waals surface area (Å²) in [4.78, 5) is 28.0. The second kappa shape index (κ2) is 11.1. The number of ether oxygens (including phenoxy) is 2. The van der Waals surface area contributed by atoms with E-state index in [4.69, 9.17) is 9.47 Å². The van der Waals surface area contributed by atoms with Gasteiger partial charge in [0.1, 0.15) is 19.3 Å². The third-order valence-electron chi connectivity index (χ3n) is 6.34. The number of benzene rings is 2. The van der Waals surface area contributed by atoms with Crippen LogP contribution in [0.5, 0.6) is 11.5 Å². The van der Waals surface area contributed by atoms with Crippen LogP contribution in [0.1, 0.15) is 50.2 Å². The number of rotatable bonds is 8. The Balaban J connectivity index is 1.45. The molecular formula is C26H31BrN2O4. The Labute approximate surface area is 203 Å². The van der Waals surface area contributed by atoms with Gasteiger partial charge in [0, 0.05) is 23.5 Å². The summed E-state index contributed by atoms with van der Waals surface area (Å²) in [5.41, 5.74) is 2.00. The van der Waals surface area contributed by atoms with Crippen LogP contribution in [0.3, 0.4) is 0 Å². The number of nitrogens with zero attached hydrogens (tertiary/aromatic N) is 1. The van der Waals surface area contributed by atoms with E-state index in [-0.39, 0.29) is 17.9 Å². The van der Waals surface area contributed by atoms with Gasteiger partial charge in [0.2, 0.25) is 11.8 Å². The molecule has 1 aliphatic carbocycles. The molecule has 0 spiro atoms. The average molecular weight is 515 g/mol. The molecule has 1 fully saturated rings. The van der Waals surface area contributed by atoms with Gasteiger partial charge in [-0.15, -0.1) is 0 Å². The minimum atomic E-state index is -0.544. The molecule has 33 heavy (non-hydrogen) atoms. The van der Waals surface area contributed by atoms with Crippen LogP contribution in [0.2, 0.25) is 0 Å². The van der Waals surface area contributed by atoms with E-state index in [1.807, 2.05) is 49.4 Å². The predicted octanol–water partition coefficient (Wildman–Crippen LogP) is 4.63. The van der Waals surface area contributed by atoms with Crippen molar-refractivity contribution in [3.63, 3.8) is 0 Å². The van der Waals surface area contributed by atoms with E-state index >= 15 is 0 Å². The van der Waals surface area contributed by atoms with Gasteiger partial charge in [-0.1, -0.05) is 47.0 Å². The van der Waals surface area contributed by atoms with Crippen molar-refractivity contribution in [2.75, 3.05) is 13.2 Å². The van der Waals surface area contributed by atoms with Crippen molar-refractivity contribution in [2.45, 2.75) is 64.1 Å². The fraction of sp³-hybridized carbons (Fsp3) is 0.462. The van der Waals surface area contributed by atoms with Crippen LogP contribution in [-0.2, 0) is 22.6 Å². The van der Waals surface area contributed by atoms with Crippen molar-refractivity contribution < 1.29 is 19.1 Å². The molecule has 1 atom stereocenters. The summed E-state index contributed by atoms with van der Waals surface area (Å²) >= 11 is 3.50. The number of fused-ring (bicyclic) bond motifs is 1. The molecule has 1 N–H and O–H groups in total. The largest absolute Gasteiger partial charge is 0.486 e. The molecule has 0 bridgehead atoms. The van der Waals surface area contributed by atoms with Crippen molar-refractivity contribution >= 4 is 27.7 Å². The minimum Gasteiger partial charge on any atom is -0.486 e. The first-order valence-corrected chi connectivity index (χ1v) is 12.5. The molecule has 0 unspecified atom stereocenters. The lowest BCUT2D eigenvalue weighted by Gasteiger charge is -2.30. The van der Waals surface area contributed by atoms with E-state index in [0.717, 1.165) is 52.8 Å². The maximum Gasteiger partial charge on any atom is 0.242 e. The molecule has 2 amide bonds. The summed E-state index contributed by atoms with van der Waals surface area (Å²) in [5.74, 6) is 1.34. The SMILES string of the molecule is C[C@@H](C(=O)NC1CCCC1)N(Cc1cccc(Br)c1)C(=O)CCc1ccc2c(c1)OCCO2. The maximum absolute atomic E-state index is 13.4. The third-order valence-corrected chi connectivity index (χ3v) is 6.84. The van der Waals surface area contributed by atoms with Crippen LogP contribution in [0.15, 0.2) is 46.9 Å². The van der Waals surface area contributed by atoms with Gasteiger partial charge in [0.25, 0.3) is 0 Å². The molecule has 176 valence electrons. The smallest absolute Gasteiger partial charge is 0.242 e. The summed E-state index contributed by atoms with van der Waals surface area (Å²) in [6.45, 7) is 3.29. The zero-order valence-corrected chi connectivity index (χ0v) is 20.6. The lowest BCUT2D eigenvalue weighted by Crippen LogP contribution is -2.49. The summed E-state index contributed by atoms with van der Waals surface area (Å²) in [5, 5.41) is 3.15. The van der Waals surface area contributed by atoms with Crippen LogP contribution >= 0.6 is 15.9 Å². The van der Waals surface area contributed by atoms with Crippen LogP contribution in [0.4, 0.5) is 0 Å². The minimum absolute atomic E-state index is 0.0427. The van der Waals surface area contributed by atoms with E-state index in [0.29, 0.717) is 32.6 Å². The number of hydrogen-bond donors (Lipinski definition) is 1. The number of aryl methyl sites for hydroxylation is 1. The van der Waals surface area contributed by atoms with Gasteiger partial charge in [0.05, 0.1) is 0 Å². The Kier molecular flexibility index (Phi) is 7.91. The van der Waals surface area contributed by atoms with Crippen LogP contribution in [0, 0.1) is 0 Å². The van der Waals surface area contributed by atoms with Gasteiger partial charge in [-0.25, -0.2) is 0 Å². The molecule has 0 radical (unpaired) electrons. The Hall–Kier alpha value is -2.54. The highest BCUT2D eigenvalue weighted by Crippen LogP contribution is 2.31. The number of hydrogen-bond acceptors (Lipinski definition) is 4. The molecule has 2 aromatic carbocycles. The Morgan fingerprint density at radius 3 is 2.58 bits per heavy atom. The molecule has 0 saturated heterocycles. The fourth-order valence-corrected chi connectivity index (χ4v) is 4.89. The first-order chi connectivity index (χ1) is 16.0. The van der Waals surface area contributed by atoms with Crippen LogP contribution in [0.25, 0.3) is 0 Å². The predicted molar refractivity (Wildman–Crippen MR) is 130 cm³/mol. The summed E-state index contributed by atoms with van der Waals surface area (Å²) in [7, 11) is 0. The van der Waals surface area contributed by atoms with Crippen molar-refractivity contribution in [3.8, 4) is 11.5 Å². The van der Waals surface area contributed by atoms with Crippen molar-refractivity contribution in [1.29, 1.82) is 0 Å². The Morgan fingerprint density at radius 1 is 1.06 bits per heavy atom. The highest BCUT2D eigenvalue weighted by molar-refractivity contribution is 9.10. The lowest BCUT2D eigenvalue weighted by atomic mass is 10.1. The van der Waals surface area contributed by atoms with E-state index in [1.165, 1.54) is 0 Å². The van der Waals surface area contributed by atoms with E-state index in [2.05, 4.69) is 21.2 Å². The molecule has 1 heterocycles. The Bertz CT molecular complexity index is 990. The number of amides is 2. The molecule has 7 heteroatoms. The van der Waals surface area contributed by atoms with Crippen molar-refractivity contribution in [2.24, 2.45) is 0 Å². The van der Waals surface area contributed by atoms with E-state index < -0.39 is 6.04 Å². The first-order valence-electron chi connectivity index (χ1n) is 11.7. The second-order valence-electron chi connectivity index (χ2n) is 8.80. The maximum atomic E-state index is 13.4. The van der Waals surface area contributed by atoms with E-state index in [9.17, 15) is 9.59 Å². The number of nitrogens with one attached hydrogen (secondary N) is 1. The average Bonchev–Trinajstić information content (AvgIpc) is 3.33. The molecule has 1 aliphatic heterocycles. The summed E-state index contributed by atoms with van der Waals surface area (Å²) in [6, 6.07) is 13.3. The van der Waals surface area contributed by atoms with E-state index in [1.54, 1.807) is 4.90 Å². The molecule has 0 aromatic heterocycles. The van der Waals surface area contributed by atoms with Gasteiger partial charge < -0.3 is 19.7 Å². The van der Waals surface area contributed by atoms with Gasteiger partial charge in [-0.2, -0.15) is 0 Å². The molecular weight excluding hydrogens is 484 g/mol. The zero-order chi connectivity index (χ0) is 23.2. The lowest BCUT2D eigenvalue weighted by molar-refractivity contribution is -0.140. The fourth-order valence-electron chi connectivity index (χ4n) is 4.44. The first kappa shape index (κ1) is 23.6. The van der Waals surface area contributed by atoms with Gasteiger partial charge in [-0.05, 0) is 61.6 Å². The highest BCUT2D eigenvalue weighted by atomic mass is 79.9. The van der Waals surface area contributed by atoms with Crippen molar-refractivity contribution in [3.05, 3.63) is 58.1 Å². The standard InChI is InChI=1S/C26H31BrN2O4/c1-18(26(31)28-22-7-2-3-8-22)29(17-20-5-4-6-21(27)15-20)25(30)12-10-19-9-11-23-24(16-19)33-14-13-32-23/h4-6,9,11,15-16,18,22H,2-3,7-8,10,12-14,17H2,1H3,(H,28,31)/t18-/m0/s1. The van der Waals surface area contributed by atoms with Gasteiger partial charge in [0.15, 0.2) is 11.5 Å². The van der Waals surface area contributed by atoms with Gasteiger partial charge >= 0.3 is 0 Å². The summed E-state index contributed by atoms with van der Waals surface area (Å²) in [6.07, 6.45) is 5.21. The molecule has 1 saturated carbocycles. The van der Waals surface area contributed by atoms with Crippen LogP contribution in [-0.4, -0.2) is 42.0 Å². The molecule has 6 nitrogen and oxygen atoms in total. The van der Waals surface area contributed by atoms with Crippen molar-refractivity contribution in [1.82, 2.24) is 10.2 Å². The second-order valence-corrected chi connectivity index (χ2v) is 9.71. The number of halogens is 1.